The molecule has 3 N–H and O–H groups in total. The van der Waals surface area contributed by atoms with E-state index in [1.165, 1.54) is 0 Å². The zero-order valence-electron chi connectivity index (χ0n) is 20.0. The number of aromatic amines is 2. The Balaban J connectivity index is 1.25. The van der Waals surface area contributed by atoms with Crippen molar-refractivity contribution in [1.29, 1.82) is 0 Å². The van der Waals surface area contributed by atoms with E-state index in [2.05, 4.69) is 42.6 Å². The third-order valence-electron chi connectivity index (χ3n) is 6.53. The zero-order valence-corrected chi connectivity index (χ0v) is 20.0. The molecule has 182 valence electrons. The van der Waals surface area contributed by atoms with E-state index in [9.17, 15) is 4.79 Å². The summed E-state index contributed by atoms with van der Waals surface area (Å²) in [5, 5.41) is 12.6. The second-order valence-corrected chi connectivity index (χ2v) is 8.93. The third-order valence-corrected chi connectivity index (χ3v) is 6.53. The Morgan fingerprint density at radius 2 is 1.76 bits per heavy atom. The van der Waals surface area contributed by atoms with Crippen LogP contribution in [-0.2, 0) is 0 Å². The van der Waals surface area contributed by atoms with E-state index in [0.717, 1.165) is 55.6 Å². The SMILES string of the molecule is O=C(Nc1cncc(-c2cc3c(-c4cc5c(-c6ccoc6)cccc5[nH]4)n[nH]c3cn2)c1)c1ccccc1. The summed E-state index contributed by atoms with van der Waals surface area (Å²) >= 11 is 0. The minimum absolute atomic E-state index is 0.196. The zero-order chi connectivity index (χ0) is 25.5. The van der Waals surface area contributed by atoms with Gasteiger partial charge in [0, 0.05) is 39.2 Å². The van der Waals surface area contributed by atoms with E-state index in [0.29, 0.717) is 11.3 Å². The van der Waals surface area contributed by atoms with E-state index in [1.807, 2.05) is 48.5 Å². The van der Waals surface area contributed by atoms with Gasteiger partial charge < -0.3 is 14.7 Å². The number of benzene rings is 2. The van der Waals surface area contributed by atoms with Gasteiger partial charge in [0.1, 0.15) is 5.69 Å². The first-order valence-electron chi connectivity index (χ1n) is 12.0. The summed E-state index contributed by atoms with van der Waals surface area (Å²) in [6, 6.07) is 23.1. The number of hydrogen-bond acceptors (Lipinski definition) is 5. The van der Waals surface area contributed by atoms with E-state index in [1.54, 1.807) is 43.2 Å². The molecule has 0 unspecified atom stereocenters. The van der Waals surface area contributed by atoms with Crippen molar-refractivity contribution in [2.75, 3.05) is 5.32 Å². The van der Waals surface area contributed by atoms with Crippen LogP contribution in [0.5, 0.6) is 0 Å². The summed E-state index contributed by atoms with van der Waals surface area (Å²) in [5.41, 5.74) is 8.29. The number of furan rings is 1. The van der Waals surface area contributed by atoms with Crippen molar-refractivity contribution < 1.29 is 9.21 Å². The van der Waals surface area contributed by atoms with Crippen LogP contribution in [-0.4, -0.2) is 31.1 Å². The molecular formula is C30H20N6O2. The number of amides is 1. The van der Waals surface area contributed by atoms with Gasteiger partial charge in [-0.2, -0.15) is 5.10 Å². The predicted octanol–water partition coefficient (Wildman–Crippen LogP) is 6.68. The highest BCUT2D eigenvalue weighted by Gasteiger charge is 2.15. The first kappa shape index (κ1) is 21.8. The molecule has 5 aromatic heterocycles. The summed E-state index contributed by atoms with van der Waals surface area (Å²) in [4.78, 5) is 25.0. The summed E-state index contributed by atoms with van der Waals surface area (Å²) in [6.45, 7) is 0. The van der Waals surface area contributed by atoms with E-state index in [-0.39, 0.29) is 5.91 Å². The summed E-state index contributed by atoms with van der Waals surface area (Å²) in [6.07, 6.45) is 8.53. The van der Waals surface area contributed by atoms with Gasteiger partial charge in [0.15, 0.2) is 0 Å². The topological polar surface area (TPSA) is 112 Å². The molecule has 8 nitrogen and oxygen atoms in total. The summed E-state index contributed by atoms with van der Waals surface area (Å²) in [7, 11) is 0. The largest absolute Gasteiger partial charge is 0.472 e. The molecule has 2 aromatic carbocycles. The van der Waals surface area contributed by atoms with Crippen molar-refractivity contribution >= 4 is 33.4 Å². The molecule has 8 heteroatoms. The third kappa shape index (κ3) is 3.81. The monoisotopic (exact) mass is 496 g/mol. The van der Waals surface area contributed by atoms with Gasteiger partial charge in [-0.15, -0.1) is 0 Å². The number of aromatic nitrogens is 5. The Kier molecular flexibility index (Phi) is 5.07. The number of hydrogen-bond donors (Lipinski definition) is 3. The number of rotatable bonds is 5. The second kappa shape index (κ2) is 8.86. The number of carbonyl (C=O) groups is 1. The van der Waals surface area contributed by atoms with Crippen molar-refractivity contribution in [3.8, 4) is 33.8 Å². The van der Waals surface area contributed by atoms with Crippen molar-refractivity contribution in [1.82, 2.24) is 25.1 Å². The Morgan fingerprint density at radius 3 is 2.63 bits per heavy atom. The fourth-order valence-corrected chi connectivity index (χ4v) is 4.67. The van der Waals surface area contributed by atoms with Crippen LogP contribution in [0.4, 0.5) is 5.69 Å². The summed E-state index contributed by atoms with van der Waals surface area (Å²) < 4.78 is 5.30. The molecule has 1 amide bonds. The first-order chi connectivity index (χ1) is 18.7. The molecule has 0 radical (unpaired) electrons. The van der Waals surface area contributed by atoms with Gasteiger partial charge in [-0.3, -0.25) is 19.9 Å². The molecule has 0 atom stereocenters. The van der Waals surface area contributed by atoms with Crippen LogP contribution in [0.3, 0.4) is 0 Å². The lowest BCUT2D eigenvalue weighted by Gasteiger charge is -2.07. The Bertz CT molecular complexity index is 1920. The summed E-state index contributed by atoms with van der Waals surface area (Å²) in [5.74, 6) is -0.196. The highest BCUT2D eigenvalue weighted by Crippen LogP contribution is 2.35. The number of pyridine rings is 2. The fraction of sp³-hybridized carbons (Fsp3) is 0. The van der Waals surface area contributed by atoms with Crippen LogP contribution < -0.4 is 5.32 Å². The smallest absolute Gasteiger partial charge is 0.255 e. The number of H-pyrrole nitrogens is 2. The molecule has 7 rings (SSSR count). The average molecular weight is 497 g/mol. The van der Waals surface area contributed by atoms with Crippen LogP contribution in [0.15, 0.2) is 108 Å². The maximum Gasteiger partial charge on any atom is 0.255 e. The Morgan fingerprint density at radius 1 is 0.842 bits per heavy atom. The number of carbonyl (C=O) groups excluding carboxylic acids is 1. The van der Waals surface area contributed by atoms with Crippen molar-refractivity contribution in [3.05, 3.63) is 109 Å². The van der Waals surface area contributed by atoms with Crippen LogP contribution in [0.25, 0.3) is 55.6 Å². The molecular weight excluding hydrogens is 476 g/mol. The van der Waals surface area contributed by atoms with Gasteiger partial charge in [-0.05, 0) is 48.0 Å². The van der Waals surface area contributed by atoms with Crippen LogP contribution in [0.2, 0.25) is 0 Å². The lowest BCUT2D eigenvalue weighted by molar-refractivity contribution is 0.102. The molecule has 0 fully saturated rings. The molecule has 0 spiro atoms. The fourth-order valence-electron chi connectivity index (χ4n) is 4.67. The average Bonchev–Trinajstić information content (AvgIpc) is 3.73. The molecule has 0 bridgehead atoms. The Hall–Kier alpha value is -5.50. The first-order valence-corrected chi connectivity index (χ1v) is 12.0. The van der Waals surface area contributed by atoms with Crippen molar-refractivity contribution in [2.45, 2.75) is 0 Å². The highest BCUT2D eigenvalue weighted by atomic mass is 16.3. The molecule has 0 aliphatic heterocycles. The van der Waals surface area contributed by atoms with E-state index in [4.69, 9.17) is 4.42 Å². The predicted molar refractivity (Wildman–Crippen MR) is 147 cm³/mol. The quantitative estimate of drug-likeness (QED) is 0.246. The molecule has 0 aliphatic carbocycles. The minimum Gasteiger partial charge on any atom is -0.472 e. The lowest BCUT2D eigenvalue weighted by Crippen LogP contribution is -2.11. The van der Waals surface area contributed by atoms with Gasteiger partial charge in [0.25, 0.3) is 5.91 Å². The van der Waals surface area contributed by atoms with Gasteiger partial charge in [0.2, 0.25) is 0 Å². The number of anilines is 1. The van der Waals surface area contributed by atoms with Gasteiger partial charge in [-0.25, -0.2) is 0 Å². The number of nitrogens with zero attached hydrogens (tertiary/aromatic N) is 3. The molecule has 0 saturated heterocycles. The van der Waals surface area contributed by atoms with Gasteiger partial charge >= 0.3 is 0 Å². The van der Waals surface area contributed by atoms with Crippen molar-refractivity contribution in [3.63, 3.8) is 0 Å². The molecule has 5 heterocycles. The minimum atomic E-state index is -0.196. The standard InChI is InChI=1S/C30H20N6O2/c37-30(18-5-2-1-3-6-18)33-21-11-20(14-31-15-21)26-13-24-28(16-32-26)35-36-29(24)27-12-23-22(19-9-10-38-17-19)7-4-8-25(23)34-27/h1-17,34H,(H,33,37)(H,35,36). The van der Waals surface area contributed by atoms with Crippen LogP contribution in [0.1, 0.15) is 10.4 Å². The molecule has 38 heavy (non-hydrogen) atoms. The van der Waals surface area contributed by atoms with Crippen LogP contribution in [0, 0.1) is 0 Å². The maximum atomic E-state index is 12.6. The number of fused-ring (bicyclic) bond motifs is 2. The van der Waals surface area contributed by atoms with Crippen LogP contribution >= 0.6 is 0 Å². The number of nitrogens with one attached hydrogen (secondary N) is 3. The van der Waals surface area contributed by atoms with E-state index < -0.39 is 0 Å². The second-order valence-electron chi connectivity index (χ2n) is 8.93. The molecule has 0 saturated carbocycles. The molecule has 0 aliphatic rings. The van der Waals surface area contributed by atoms with Gasteiger partial charge in [-0.1, -0.05) is 30.3 Å². The maximum absolute atomic E-state index is 12.6. The molecule has 7 aromatic rings. The normalized spacial score (nSPS) is 11.3. The van der Waals surface area contributed by atoms with E-state index >= 15 is 0 Å². The van der Waals surface area contributed by atoms with Crippen molar-refractivity contribution in [2.24, 2.45) is 0 Å². The Labute approximate surface area is 216 Å². The highest BCUT2D eigenvalue weighted by molar-refractivity contribution is 6.04. The van der Waals surface area contributed by atoms with Gasteiger partial charge in [0.05, 0.1) is 47.5 Å². The lowest BCUT2D eigenvalue weighted by atomic mass is 10.0.